The zero-order chi connectivity index (χ0) is 33.4. The quantitative estimate of drug-likeness (QED) is 0.258. The Morgan fingerprint density at radius 1 is 0.979 bits per heavy atom. The summed E-state index contributed by atoms with van der Waals surface area (Å²) >= 11 is 0. The van der Waals surface area contributed by atoms with Crippen LogP contribution in [0.2, 0.25) is 0 Å². The van der Waals surface area contributed by atoms with Crippen molar-refractivity contribution in [1.82, 2.24) is 31.6 Å². The van der Waals surface area contributed by atoms with Crippen molar-refractivity contribution in [2.45, 2.75) is 56.3 Å². The van der Waals surface area contributed by atoms with Crippen LogP contribution in [0.4, 0.5) is 0 Å². The average molecular weight is 638 g/mol. The van der Waals surface area contributed by atoms with Gasteiger partial charge in [-0.15, -0.1) is 0 Å². The molecule has 3 aliphatic rings. The number of pyridine rings is 1. The van der Waals surface area contributed by atoms with Crippen LogP contribution < -0.4 is 31.3 Å². The first kappa shape index (κ1) is 32.6. The number of nitrogens with one attached hydrogen (secondary N) is 5. The molecule has 0 radical (unpaired) electrons. The molecule has 13 heteroatoms. The molecule has 47 heavy (non-hydrogen) atoms. The average Bonchev–Trinajstić information content (AvgIpc) is 3.87. The lowest BCUT2D eigenvalue weighted by Gasteiger charge is -2.25. The van der Waals surface area contributed by atoms with Gasteiger partial charge in [0.15, 0.2) is 0 Å². The molecular formula is C34H35N7O6. The van der Waals surface area contributed by atoms with Crippen LogP contribution in [0.1, 0.15) is 46.9 Å². The smallest absolute Gasteiger partial charge is 0.253 e. The summed E-state index contributed by atoms with van der Waals surface area (Å²) in [4.78, 5) is 70.6. The fraction of sp³-hybridized carbons (Fsp3) is 0.324. The van der Waals surface area contributed by atoms with E-state index in [4.69, 9.17) is 10.00 Å². The van der Waals surface area contributed by atoms with E-state index in [2.05, 4.69) is 31.6 Å². The van der Waals surface area contributed by atoms with Crippen molar-refractivity contribution in [2.75, 3.05) is 13.2 Å². The van der Waals surface area contributed by atoms with Gasteiger partial charge in [-0.25, -0.2) is 4.98 Å². The summed E-state index contributed by atoms with van der Waals surface area (Å²) in [5.41, 5.74) is 0.697. The molecule has 3 atom stereocenters. The topological polar surface area (TPSA) is 191 Å². The molecule has 242 valence electrons. The van der Waals surface area contributed by atoms with E-state index in [1.807, 2.05) is 36.4 Å². The molecule has 2 bridgehead atoms. The lowest BCUT2D eigenvalue weighted by molar-refractivity contribution is -0.134. The predicted octanol–water partition coefficient (Wildman–Crippen LogP) is 0.684. The van der Waals surface area contributed by atoms with E-state index >= 15 is 0 Å². The summed E-state index contributed by atoms with van der Waals surface area (Å²) in [5, 5.41) is 22.8. The molecular weight excluding hydrogens is 602 g/mol. The second kappa shape index (κ2) is 14.6. The number of nitriles is 1. The van der Waals surface area contributed by atoms with Crippen LogP contribution in [0.3, 0.4) is 0 Å². The van der Waals surface area contributed by atoms with E-state index in [-0.39, 0.29) is 43.2 Å². The fourth-order valence-corrected chi connectivity index (χ4v) is 5.10. The minimum absolute atomic E-state index is 0.0765. The molecule has 1 spiro atoms. The summed E-state index contributed by atoms with van der Waals surface area (Å²) < 4.78 is 5.77. The van der Waals surface area contributed by atoms with Gasteiger partial charge in [-0.2, -0.15) is 5.26 Å². The van der Waals surface area contributed by atoms with Crippen molar-refractivity contribution < 1.29 is 28.7 Å². The lowest BCUT2D eigenvalue weighted by Crippen LogP contribution is -2.59. The standard InChI is InChI=1S/C34H35N7O6/c1-21-29(42)39-28(17-22-5-3-2-4-6-22)32(45)41-34(13-14-34)33(46)36-15-16-47-26-11-7-23(8-12-26)18-27(31(44)38-21)40-30(43)24-9-10-25(19-35)37-20-24/h2-12,20-21,27-28H,13-18H2,1H3,(H,36,46)(H,38,44)(H,39,42)(H,40,43)(H,41,45)/t21-,27-,28+/m0/s1. The number of ether oxygens (including phenoxy) is 1. The van der Waals surface area contributed by atoms with Gasteiger partial charge < -0.3 is 31.3 Å². The summed E-state index contributed by atoms with van der Waals surface area (Å²) in [5.74, 6) is -2.16. The number of nitrogens with zero attached hydrogens (tertiary/aromatic N) is 2. The van der Waals surface area contributed by atoms with Crippen molar-refractivity contribution in [3.8, 4) is 11.8 Å². The molecule has 1 aliphatic carbocycles. The summed E-state index contributed by atoms with van der Waals surface area (Å²) in [6.07, 6.45) is 2.38. The molecule has 5 N–H and O–H groups in total. The number of hydrogen-bond acceptors (Lipinski definition) is 8. The minimum atomic E-state index is -1.10. The number of amides is 5. The normalized spacial score (nSPS) is 21.6. The van der Waals surface area contributed by atoms with Gasteiger partial charge in [-0.3, -0.25) is 24.0 Å². The molecule has 3 aromatic rings. The molecule has 1 fully saturated rings. The first-order valence-electron chi connectivity index (χ1n) is 15.3. The van der Waals surface area contributed by atoms with Crippen molar-refractivity contribution in [3.63, 3.8) is 0 Å². The Labute approximate surface area is 271 Å². The Bertz CT molecular complexity index is 1670. The maximum Gasteiger partial charge on any atom is 0.253 e. The van der Waals surface area contributed by atoms with E-state index in [1.165, 1.54) is 25.3 Å². The molecule has 6 rings (SSSR count). The number of carbonyl (C=O) groups excluding carboxylic acids is 5. The van der Waals surface area contributed by atoms with Crippen molar-refractivity contribution in [2.24, 2.45) is 0 Å². The molecule has 3 heterocycles. The van der Waals surface area contributed by atoms with Crippen LogP contribution in [0.25, 0.3) is 0 Å². The number of rotatable bonds is 4. The Hall–Kier alpha value is -5.77. The van der Waals surface area contributed by atoms with Gasteiger partial charge in [0.1, 0.15) is 47.8 Å². The molecule has 1 saturated carbocycles. The van der Waals surface area contributed by atoms with Crippen molar-refractivity contribution >= 4 is 29.5 Å². The molecule has 2 aliphatic heterocycles. The predicted molar refractivity (Wildman–Crippen MR) is 169 cm³/mol. The summed E-state index contributed by atoms with van der Waals surface area (Å²) in [7, 11) is 0. The summed E-state index contributed by atoms with van der Waals surface area (Å²) in [6.45, 7) is 1.86. The molecule has 0 unspecified atom stereocenters. The minimum Gasteiger partial charge on any atom is -0.492 e. The molecule has 13 nitrogen and oxygen atoms in total. The van der Waals surface area contributed by atoms with E-state index in [9.17, 15) is 24.0 Å². The second-order valence-electron chi connectivity index (χ2n) is 11.6. The van der Waals surface area contributed by atoms with Gasteiger partial charge in [-0.05, 0) is 55.2 Å². The van der Waals surface area contributed by atoms with Gasteiger partial charge in [0.05, 0.1) is 12.1 Å². The van der Waals surface area contributed by atoms with Crippen LogP contribution in [-0.4, -0.2) is 71.3 Å². The highest BCUT2D eigenvalue weighted by atomic mass is 16.5. The van der Waals surface area contributed by atoms with Gasteiger partial charge in [0.2, 0.25) is 23.6 Å². The fourth-order valence-electron chi connectivity index (χ4n) is 5.10. The molecule has 5 amide bonds. The van der Waals surface area contributed by atoms with Crippen molar-refractivity contribution in [3.05, 3.63) is 95.3 Å². The largest absolute Gasteiger partial charge is 0.492 e. The first-order chi connectivity index (χ1) is 22.7. The molecule has 2 aromatic carbocycles. The lowest BCUT2D eigenvalue weighted by atomic mass is 10.0. The third kappa shape index (κ3) is 8.49. The van der Waals surface area contributed by atoms with Crippen LogP contribution in [-0.2, 0) is 32.0 Å². The molecule has 0 saturated heterocycles. The van der Waals surface area contributed by atoms with Crippen LogP contribution in [0.15, 0.2) is 72.9 Å². The summed E-state index contributed by atoms with van der Waals surface area (Å²) in [6, 6.07) is 17.5. The zero-order valence-corrected chi connectivity index (χ0v) is 25.7. The Morgan fingerprint density at radius 3 is 2.38 bits per heavy atom. The highest BCUT2D eigenvalue weighted by Gasteiger charge is 2.51. The van der Waals surface area contributed by atoms with Gasteiger partial charge in [0.25, 0.3) is 5.91 Å². The van der Waals surface area contributed by atoms with Crippen LogP contribution >= 0.6 is 0 Å². The van der Waals surface area contributed by atoms with Gasteiger partial charge in [0, 0.05) is 19.0 Å². The maximum atomic E-state index is 13.6. The number of aromatic nitrogens is 1. The van der Waals surface area contributed by atoms with Gasteiger partial charge >= 0.3 is 0 Å². The number of benzene rings is 2. The third-order valence-corrected chi connectivity index (χ3v) is 8.00. The number of carbonyl (C=O) groups is 5. The number of hydrogen-bond donors (Lipinski definition) is 5. The Balaban J connectivity index is 1.39. The van der Waals surface area contributed by atoms with E-state index in [1.54, 1.807) is 24.3 Å². The zero-order valence-electron chi connectivity index (χ0n) is 25.7. The SMILES string of the molecule is C[C@@H]1NC(=O)[C@@H](NC(=O)c2ccc(C#N)nc2)Cc2ccc(cc2)OCCNC(=O)C2(CC2)NC(=O)[C@@H](Cc2ccccc2)NC1=O. The second-order valence-corrected chi connectivity index (χ2v) is 11.6. The first-order valence-corrected chi connectivity index (χ1v) is 15.3. The van der Waals surface area contributed by atoms with E-state index in [0.717, 1.165) is 5.56 Å². The Kier molecular flexibility index (Phi) is 10.1. The van der Waals surface area contributed by atoms with Gasteiger partial charge in [-0.1, -0.05) is 42.5 Å². The Morgan fingerprint density at radius 2 is 1.72 bits per heavy atom. The van der Waals surface area contributed by atoms with E-state index in [0.29, 0.717) is 24.2 Å². The maximum absolute atomic E-state index is 13.6. The van der Waals surface area contributed by atoms with Crippen LogP contribution in [0, 0.1) is 11.3 Å². The van der Waals surface area contributed by atoms with E-state index < -0.39 is 47.3 Å². The van der Waals surface area contributed by atoms with Crippen molar-refractivity contribution in [1.29, 1.82) is 5.26 Å². The van der Waals surface area contributed by atoms with Crippen LogP contribution in [0.5, 0.6) is 5.75 Å². The third-order valence-electron chi connectivity index (χ3n) is 8.00. The monoisotopic (exact) mass is 637 g/mol. The highest BCUT2D eigenvalue weighted by molar-refractivity contribution is 5.99. The highest BCUT2D eigenvalue weighted by Crippen LogP contribution is 2.35. The number of fused-ring (bicyclic) bond motifs is 15. The molecule has 1 aromatic heterocycles.